The monoisotopic (exact) mass is 440 g/mol. The van der Waals surface area contributed by atoms with Crippen LogP contribution >= 0.6 is 27.5 Å². The van der Waals surface area contributed by atoms with Crippen LogP contribution in [0.15, 0.2) is 69.6 Å². The van der Waals surface area contributed by atoms with Crippen LogP contribution in [-0.4, -0.2) is 10.9 Å². The molecule has 0 saturated carbocycles. The van der Waals surface area contributed by atoms with Crippen LogP contribution in [0.1, 0.15) is 15.9 Å². The van der Waals surface area contributed by atoms with Gasteiger partial charge in [-0.15, -0.1) is 0 Å². The maximum absolute atomic E-state index is 12.5. The fourth-order valence-electron chi connectivity index (χ4n) is 2.78. The molecule has 0 aliphatic carbocycles. The van der Waals surface area contributed by atoms with Gasteiger partial charge >= 0.3 is 0 Å². The SMILES string of the molecule is Cc1cccc(-c2nc3cc(NC(=O)c4cc(Br)ccc4Cl)ccc3o2)c1. The number of oxazole rings is 1. The van der Waals surface area contributed by atoms with Crippen molar-refractivity contribution >= 4 is 50.2 Å². The molecular weight excluding hydrogens is 428 g/mol. The average Bonchev–Trinajstić information content (AvgIpc) is 3.07. The van der Waals surface area contributed by atoms with Crippen molar-refractivity contribution in [2.45, 2.75) is 6.92 Å². The van der Waals surface area contributed by atoms with Crippen molar-refractivity contribution in [3.05, 3.63) is 81.3 Å². The summed E-state index contributed by atoms with van der Waals surface area (Å²) in [6, 6.07) is 18.4. The number of nitrogens with zero attached hydrogens (tertiary/aromatic N) is 1. The van der Waals surface area contributed by atoms with Crippen LogP contribution in [0, 0.1) is 6.92 Å². The number of carbonyl (C=O) groups excluding carboxylic acids is 1. The molecule has 1 amide bonds. The molecule has 1 heterocycles. The Morgan fingerprint density at radius 1 is 1.11 bits per heavy atom. The molecule has 6 heteroatoms. The van der Waals surface area contributed by atoms with Crippen molar-refractivity contribution < 1.29 is 9.21 Å². The van der Waals surface area contributed by atoms with Gasteiger partial charge in [-0.3, -0.25) is 4.79 Å². The Labute approximate surface area is 169 Å². The van der Waals surface area contributed by atoms with Crippen molar-refractivity contribution in [3.8, 4) is 11.5 Å². The highest BCUT2D eigenvalue weighted by atomic mass is 79.9. The fourth-order valence-corrected chi connectivity index (χ4v) is 3.34. The topological polar surface area (TPSA) is 55.1 Å². The number of hydrogen-bond donors (Lipinski definition) is 1. The van der Waals surface area contributed by atoms with Crippen molar-refractivity contribution in [1.82, 2.24) is 4.98 Å². The smallest absolute Gasteiger partial charge is 0.257 e. The third kappa shape index (κ3) is 3.75. The number of nitrogens with one attached hydrogen (secondary N) is 1. The van der Waals surface area contributed by atoms with E-state index in [-0.39, 0.29) is 5.91 Å². The van der Waals surface area contributed by atoms with E-state index in [1.807, 2.05) is 31.2 Å². The number of aryl methyl sites for hydroxylation is 1. The van der Waals surface area contributed by atoms with Crippen LogP contribution in [-0.2, 0) is 0 Å². The molecule has 27 heavy (non-hydrogen) atoms. The van der Waals surface area contributed by atoms with E-state index in [0.717, 1.165) is 15.6 Å². The van der Waals surface area contributed by atoms with Crippen molar-refractivity contribution in [2.75, 3.05) is 5.32 Å². The summed E-state index contributed by atoms with van der Waals surface area (Å²) in [7, 11) is 0. The van der Waals surface area contributed by atoms with Gasteiger partial charge in [0.15, 0.2) is 5.58 Å². The number of anilines is 1. The fraction of sp³-hybridized carbons (Fsp3) is 0.0476. The van der Waals surface area contributed by atoms with Crippen LogP contribution in [0.4, 0.5) is 5.69 Å². The summed E-state index contributed by atoms with van der Waals surface area (Å²) in [6.07, 6.45) is 0. The second kappa shape index (κ2) is 7.18. The van der Waals surface area contributed by atoms with Crippen LogP contribution in [0.25, 0.3) is 22.6 Å². The third-order valence-corrected chi connectivity index (χ3v) is 4.91. The molecule has 4 aromatic rings. The molecule has 3 aromatic carbocycles. The van der Waals surface area contributed by atoms with E-state index in [4.69, 9.17) is 16.0 Å². The molecule has 0 aliphatic heterocycles. The maximum atomic E-state index is 12.5. The lowest BCUT2D eigenvalue weighted by Crippen LogP contribution is -2.12. The van der Waals surface area contributed by atoms with Gasteiger partial charge in [-0.25, -0.2) is 4.98 Å². The number of rotatable bonds is 3. The van der Waals surface area contributed by atoms with Gasteiger partial charge < -0.3 is 9.73 Å². The Kier molecular flexibility index (Phi) is 4.72. The summed E-state index contributed by atoms with van der Waals surface area (Å²) in [5, 5.41) is 3.24. The summed E-state index contributed by atoms with van der Waals surface area (Å²) in [6.45, 7) is 2.02. The summed E-state index contributed by atoms with van der Waals surface area (Å²) in [5.41, 5.74) is 4.39. The van der Waals surface area contributed by atoms with Gasteiger partial charge in [0.25, 0.3) is 5.91 Å². The third-order valence-electron chi connectivity index (χ3n) is 4.08. The van der Waals surface area contributed by atoms with Gasteiger partial charge in [-0.1, -0.05) is 45.2 Å². The zero-order chi connectivity index (χ0) is 19.0. The first-order valence-electron chi connectivity index (χ1n) is 8.23. The molecule has 1 aromatic heterocycles. The number of benzene rings is 3. The van der Waals surface area contributed by atoms with Gasteiger partial charge in [0.2, 0.25) is 5.89 Å². The van der Waals surface area contributed by atoms with Crippen LogP contribution < -0.4 is 5.32 Å². The quantitative estimate of drug-likeness (QED) is 0.396. The maximum Gasteiger partial charge on any atom is 0.257 e. The number of amides is 1. The van der Waals surface area contributed by atoms with Crippen molar-refractivity contribution in [3.63, 3.8) is 0 Å². The molecule has 0 atom stereocenters. The highest BCUT2D eigenvalue weighted by molar-refractivity contribution is 9.10. The largest absolute Gasteiger partial charge is 0.436 e. The predicted molar refractivity (Wildman–Crippen MR) is 111 cm³/mol. The van der Waals surface area contributed by atoms with E-state index in [1.54, 1.807) is 36.4 Å². The predicted octanol–water partition coefficient (Wildman–Crippen LogP) is 6.47. The van der Waals surface area contributed by atoms with Crippen molar-refractivity contribution in [2.24, 2.45) is 0 Å². The van der Waals surface area contributed by atoms with E-state index in [1.165, 1.54) is 0 Å². The van der Waals surface area contributed by atoms with Gasteiger partial charge in [-0.2, -0.15) is 0 Å². The number of hydrogen-bond acceptors (Lipinski definition) is 3. The minimum absolute atomic E-state index is 0.289. The molecule has 1 N–H and O–H groups in total. The van der Waals surface area contributed by atoms with Gasteiger partial charge in [0.05, 0.1) is 10.6 Å². The summed E-state index contributed by atoms with van der Waals surface area (Å²) < 4.78 is 6.62. The van der Waals surface area contributed by atoms with Gasteiger partial charge in [0.1, 0.15) is 5.52 Å². The second-order valence-electron chi connectivity index (χ2n) is 6.15. The molecule has 134 valence electrons. The summed E-state index contributed by atoms with van der Waals surface area (Å²) >= 11 is 9.48. The molecule has 0 unspecified atom stereocenters. The number of fused-ring (bicyclic) bond motifs is 1. The first-order valence-corrected chi connectivity index (χ1v) is 9.41. The Balaban J connectivity index is 1.64. The lowest BCUT2D eigenvalue weighted by Gasteiger charge is -2.07. The van der Waals surface area contributed by atoms with Crippen LogP contribution in [0.5, 0.6) is 0 Å². The first kappa shape index (κ1) is 17.8. The Hall–Kier alpha value is -2.63. The summed E-state index contributed by atoms with van der Waals surface area (Å²) in [4.78, 5) is 17.1. The van der Waals surface area contributed by atoms with E-state index in [9.17, 15) is 4.79 Å². The van der Waals surface area contributed by atoms with E-state index >= 15 is 0 Å². The zero-order valence-corrected chi connectivity index (χ0v) is 16.6. The van der Waals surface area contributed by atoms with E-state index < -0.39 is 0 Å². The number of carbonyl (C=O) groups is 1. The molecule has 0 aliphatic rings. The van der Waals surface area contributed by atoms with Crippen LogP contribution in [0.3, 0.4) is 0 Å². The highest BCUT2D eigenvalue weighted by Crippen LogP contribution is 2.27. The molecule has 0 fully saturated rings. The van der Waals surface area contributed by atoms with Gasteiger partial charge in [0, 0.05) is 15.7 Å². The average molecular weight is 442 g/mol. The molecule has 0 saturated heterocycles. The molecule has 0 radical (unpaired) electrons. The Bertz CT molecular complexity index is 1170. The normalized spacial score (nSPS) is 10.9. The second-order valence-corrected chi connectivity index (χ2v) is 7.47. The minimum atomic E-state index is -0.289. The van der Waals surface area contributed by atoms with Gasteiger partial charge in [-0.05, 0) is 55.5 Å². The molecule has 4 rings (SSSR count). The Morgan fingerprint density at radius 2 is 1.96 bits per heavy atom. The minimum Gasteiger partial charge on any atom is -0.436 e. The standard InChI is InChI=1S/C21H14BrClN2O2/c1-12-3-2-4-13(9-12)21-25-18-11-15(6-8-19(18)27-21)24-20(26)16-10-14(22)5-7-17(16)23/h2-11H,1H3,(H,24,26). The van der Waals surface area contributed by atoms with E-state index in [0.29, 0.717) is 33.3 Å². The molecular formula is C21H14BrClN2O2. The first-order chi connectivity index (χ1) is 13.0. The highest BCUT2D eigenvalue weighted by Gasteiger charge is 2.13. The van der Waals surface area contributed by atoms with E-state index in [2.05, 4.69) is 26.2 Å². The number of aromatic nitrogens is 1. The molecule has 4 nitrogen and oxygen atoms in total. The number of halogens is 2. The van der Waals surface area contributed by atoms with Crippen molar-refractivity contribution in [1.29, 1.82) is 0 Å². The molecule has 0 spiro atoms. The Morgan fingerprint density at radius 3 is 2.78 bits per heavy atom. The molecule has 0 bridgehead atoms. The zero-order valence-electron chi connectivity index (χ0n) is 14.3. The lowest BCUT2D eigenvalue weighted by atomic mass is 10.1. The lowest BCUT2D eigenvalue weighted by molar-refractivity contribution is 0.102. The summed E-state index contributed by atoms with van der Waals surface area (Å²) in [5.74, 6) is 0.260. The van der Waals surface area contributed by atoms with Crippen LogP contribution in [0.2, 0.25) is 5.02 Å².